The Balaban J connectivity index is 1.88. The van der Waals surface area contributed by atoms with E-state index in [-0.39, 0.29) is 23.4 Å². The normalized spacial score (nSPS) is 11.4. The van der Waals surface area contributed by atoms with E-state index in [0.29, 0.717) is 12.1 Å². The van der Waals surface area contributed by atoms with Gasteiger partial charge in [0.05, 0.1) is 10.5 Å². The number of nitriles is 1. The Morgan fingerprint density at radius 1 is 1.06 bits per heavy atom. The van der Waals surface area contributed by atoms with Gasteiger partial charge in [-0.05, 0) is 29.8 Å². The van der Waals surface area contributed by atoms with E-state index in [9.17, 15) is 33.3 Å². The molecule has 0 fully saturated rings. The van der Waals surface area contributed by atoms with Crippen molar-refractivity contribution in [2.24, 2.45) is 0 Å². The lowest BCUT2D eigenvalue weighted by Crippen LogP contribution is -2.23. The number of nitro groups is 1. The minimum Gasteiger partial charge on any atom is -0.449 e. The second-order valence-electron chi connectivity index (χ2n) is 6.92. The molecule has 0 spiro atoms. The van der Waals surface area contributed by atoms with Crippen LogP contribution in [0.25, 0.3) is 6.08 Å². The maximum absolute atomic E-state index is 12.9. The standard InChI is InChI=1S/C24H16F3N3O4/c25-24(26,27)19-10-11-22(20(13-19)30(32)33)34-21-9-5-4-8-17(21)12-18(14-28)23(31)29-15-16-6-2-1-3-7-16/h1-13H,15H2,(H,29,31)/b18-12+. The molecule has 3 aromatic carbocycles. The first-order chi connectivity index (χ1) is 16.2. The Morgan fingerprint density at radius 3 is 2.38 bits per heavy atom. The first-order valence-corrected chi connectivity index (χ1v) is 9.75. The van der Waals surface area contributed by atoms with Crippen LogP contribution >= 0.6 is 0 Å². The van der Waals surface area contributed by atoms with Gasteiger partial charge in [0.15, 0.2) is 0 Å². The number of hydrogen-bond acceptors (Lipinski definition) is 5. The van der Waals surface area contributed by atoms with Gasteiger partial charge in [0.2, 0.25) is 5.75 Å². The Bertz CT molecular complexity index is 1280. The van der Waals surface area contributed by atoms with E-state index in [1.54, 1.807) is 36.4 Å². The second kappa shape index (κ2) is 10.3. The summed E-state index contributed by atoms with van der Waals surface area (Å²) in [5, 5.41) is 23.4. The maximum atomic E-state index is 12.9. The predicted octanol–water partition coefficient (Wildman–Crippen LogP) is 5.63. The summed E-state index contributed by atoms with van der Waals surface area (Å²) in [7, 11) is 0. The number of alkyl halides is 3. The zero-order valence-corrected chi connectivity index (χ0v) is 17.4. The average Bonchev–Trinajstić information content (AvgIpc) is 2.82. The molecular formula is C24H16F3N3O4. The van der Waals surface area contributed by atoms with Gasteiger partial charge in [0.1, 0.15) is 17.4 Å². The van der Waals surface area contributed by atoms with Crippen molar-refractivity contribution in [3.05, 3.63) is 105 Å². The number of ether oxygens (including phenoxy) is 1. The third-order valence-corrected chi connectivity index (χ3v) is 4.58. The van der Waals surface area contributed by atoms with Crippen LogP contribution in [-0.4, -0.2) is 10.8 Å². The summed E-state index contributed by atoms with van der Waals surface area (Å²) in [6, 6.07) is 18.7. The highest BCUT2D eigenvalue weighted by atomic mass is 19.4. The monoisotopic (exact) mass is 467 g/mol. The van der Waals surface area contributed by atoms with Gasteiger partial charge < -0.3 is 10.1 Å². The van der Waals surface area contributed by atoms with E-state index in [2.05, 4.69) is 5.32 Å². The molecule has 0 aromatic heterocycles. The fourth-order valence-corrected chi connectivity index (χ4v) is 2.91. The molecule has 0 aliphatic rings. The van der Waals surface area contributed by atoms with Crippen molar-refractivity contribution in [2.75, 3.05) is 0 Å². The molecule has 0 atom stereocenters. The number of nitrogens with one attached hydrogen (secondary N) is 1. The molecule has 172 valence electrons. The minimum atomic E-state index is -4.77. The van der Waals surface area contributed by atoms with Crippen molar-refractivity contribution in [1.82, 2.24) is 5.32 Å². The van der Waals surface area contributed by atoms with Crippen LogP contribution in [0, 0.1) is 21.4 Å². The molecule has 10 heteroatoms. The van der Waals surface area contributed by atoms with Crippen LogP contribution in [0.3, 0.4) is 0 Å². The van der Waals surface area contributed by atoms with Gasteiger partial charge in [-0.1, -0.05) is 48.5 Å². The molecule has 1 N–H and O–H groups in total. The number of hydrogen-bond donors (Lipinski definition) is 1. The molecule has 3 rings (SSSR count). The number of para-hydroxylation sites is 1. The van der Waals surface area contributed by atoms with Gasteiger partial charge in [-0.3, -0.25) is 14.9 Å². The summed E-state index contributed by atoms with van der Waals surface area (Å²) in [6.07, 6.45) is -3.54. The van der Waals surface area contributed by atoms with E-state index in [0.717, 1.165) is 11.6 Å². The quantitative estimate of drug-likeness (QED) is 0.210. The van der Waals surface area contributed by atoms with Crippen LogP contribution in [-0.2, 0) is 17.5 Å². The summed E-state index contributed by atoms with van der Waals surface area (Å²) in [4.78, 5) is 22.8. The highest BCUT2D eigenvalue weighted by Crippen LogP contribution is 2.38. The number of carbonyl (C=O) groups excluding carboxylic acids is 1. The number of amides is 1. The molecule has 0 saturated carbocycles. The van der Waals surface area contributed by atoms with Crippen LogP contribution in [0.5, 0.6) is 11.5 Å². The van der Waals surface area contributed by atoms with Crippen LogP contribution < -0.4 is 10.1 Å². The molecule has 1 amide bonds. The molecule has 0 saturated heterocycles. The highest BCUT2D eigenvalue weighted by Gasteiger charge is 2.33. The predicted molar refractivity (Wildman–Crippen MR) is 116 cm³/mol. The summed E-state index contributed by atoms with van der Waals surface area (Å²) in [5.74, 6) is -1.07. The second-order valence-corrected chi connectivity index (χ2v) is 6.92. The number of rotatable bonds is 7. The van der Waals surface area contributed by atoms with Crippen molar-refractivity contribution in [3.8, 4) is 17.6 Å². The first kappa shape index (κ1) is 24.0. The molecule has 0 unspecified atom stereocenters. The van der Waals surface area contributed by atoms with Crippen LogP contribution in [0.2, 0.25) is 0 Å². The van der Waals surface area contributed by atoms with E-state index >= 15 is 0 Å². The molecular weight excluding hydrogens is 451 g/mol. The van der Waals surface area contributed by atoms with E-state index in [1.165, 1.54) is 24.3 Å². The fourth-order valence-electron chi connectivity index (χ4n) is 2.91. The highest BCUT2D eigenvalue weighted by molar-refractivity contribution is 6.01. The summed E-state index contributed by atoms with van der Waals surface area (Å²) in [6.45, 7) is 0.189. The molecule has 7 nitrogen and oxygen atoms in total. The summed E-state index contributed by atoms with van der Waals surface area (Å²) < 4.78 is 44.4. The van der Waals surface area contributed by atoms with Crippen LogP contribution in [0.1, 0.15) is 16.7 Å². The van der Waals surface area contributed by atoms with Crippen LogP contribution in [0.4, 0.5) is 18.9 Å². The maximum Gasteiger partial charge on any atom is 0.416 e. The van der Waals surface area contributed by atoms with Gasteiger partial charge >= 0.3 is 11.9 Å². The molecule has 3 aromatic rings. The van der Waals surface area contributed by atoms with Crippen molar-refractivity contribution < 1.29 is 27.6 Å². The zero-order valence-electron chi connectivity index (χ0n) is 17.4. The lowest BCUT2D eigenvalue weighted by atomic mass is 10.1. The lowest BCUT2D eigenvalue weighted by Gasteiger charge is -2.12. The zero-order chi connectivity index (χ0) is 24.7. The Hall–Kier alpha value is -4.65. The van der Waals surface area contributed by atoms with Crippen molar-refractivity contribution in [2.45, 2.75) is 12.7 Å². The Labute approximate surface area is 191 Å². The van der Waals surface area contributed by atoms with Gasteiger partial charge in [-0.2, -0.15) is 18.4 Å². The Morgan fingerprint density at radius 2 is 1.74 bits per heavy atom. The molecule has 0 heterocycles. The number of nitrogens with zero attached hydrogens (tertiary/aromatic N) is 2. The number of nitro benzene ring substituents is 1. The number of halogens is 3. The summed E-state index contributed by atoms with van der Waals surface area (Å²) >= 11 is 0. The largest absolute Gasteiger partial charge is 0.449 e. The number of carbonyl (C=O) groups is 1. The first-order valence-electron chi connectivity index (χ1n) is 9.75. The van der Waals surface area contributed by atoms with Crippen LogP contribution in [0.15, 0.2) is 78.4 Å². The lowest BCUT2D eigenvalue weighted by molar-refractivity contribution is -0.385. The molecule has 0 radical (unpaired) electrons. The van der Waals surface area contributed by atoms with Crippen molar-refractivity contribution in [1.29, 1.82) is 5.26 Å². The Kier molecular flexibility index (Phi) is 7.28. The average molecular weight is 467 g/mol. The van der Waals surface area contributed by atoms with Gasteiger partial charge in [0.25, 0.3) is 5.91 Å². The van der Waals surface area contributed by atoms with E-state index in [1.807, 2.05) is 6.07 Å². The molecule has 34 heavy (non-hydrogen) atoms. The van der Waals surface area contributed by atoms with Gasteiger partial charge in [-0.15, -0.1) is 0 Å². The summed E-state index contributed by atoms with van der Waals surface area (Å²) in [5.41, 5.74) is -1.28. The van der Waals surface area contributed by atoms with Gasteiger partial charge in [-0.25, -0.2) is 0 Å². The van der Waals surface area contributed by atoms with Crippen molar-refractivity contribution in [3.63, 3.8) is 0 Å². The smallest absolute Gasteiger partial charge is 0.416 e. The molecule has 0 aliphatic heterocycles. The van der Waals surface area contributed by atoms with Gasteiger partial charge in [0, 0.05) is 18.2 Å². The van der Waals surface area contributed by atoms with Crippen molar-refractivity contribution >= 4 is 17.7 Å². The topological polar surface area (TPSA) is 105 Å². The van der Waals surface area contributed by atoms with E-state index in [4.69, 9.17) is 4.74 Å². The molecule has 0 bridgehead atoms. The fraction of sp³-hybridized carbons (Fsp3) is 0.0833. The van der Waals surface area contributed by atoms with E-state index < -0.39 is 34.0 Å². The minimum absolute atomic E-state index is 0.00830. The third-order valence-electron chi connectivity index (χ3n) is 4.58. The molecule has 0 aliphatic carbocycles. The third kappa shape index (κ3) is 5.98. The SMILES string of the molecule is N#C/C(=C\c1ccccc1Oc1ccc(C(F)(F)F)cc1[N+](=O)[O-])C(=O)NCc1ccccc1. The number of benzene rings is 3.